The summed E-state index contributed by atoms with van der Waals surface area (Å²) in [6.45, 7) is 4.43. The first-order valence-corrected chi connectivity index (χ1v) is 7.52. The number of hydrogen-bond donors (Lipinski definition) is 1. The van der Waals surface area contributed by atoms with Crippen molar-refractivity contribution < 1.29 is 18.8 Å². The quantitative estimate of drug-likeness (QED) is 0.684. The average Bonchev–Trinajstić information content (AvgIpc) is 2.76. The van der Waals surface area contributed by atoms with E-state index in [2.05, 4.69) is 11.7 Å². The molecule has 0 aliphatic carbocycles. The zero-order chi connectivity index (χ0) is 14.3. The molecular weight excluding hydrogens is 303 g/mol. The molecule has 1 aromatic carbocycles. The van der Waals surface area contributed by atoms with Crippen molar-refractivity contribution in [2.75, 3.05) is 13.2 Å². The molecule has 6 nitrogen and oxygen atoms in total. The van der Waals surface area contributed by atoms with Gasteiger partial charge in [-0.2, -0.15) is 14.9 Å². The fourth-order valence-corrected chi connectivity index (χ4v) is 2.83. The van der Waals surface area contributed by atoms with E-state index >= 15 is 0 Å². The van der Waals surface area contributed by atoms with Gasteiger partial charge in [0.05, 0.1) is 17.7 Å². The molecule has 2 aliphatic rings. The molecule has 2 unspecified atom stereocenters. The van der Waals surface area contributed by atoms with E-state index in [9.17, 15) is 4.57 Å². The topological polar surface area (TPSA) is 71.4 Å². The number of nitrogens with zero attached hydrogens (tertiary/aromatic N) is 2. The fraction of sp³-hybridized carbons (Fsp3) is 0.250. The van der Waals surface area contributed by atoms with E-state index in [1.165, 1.54) is 0 Å². The van der Waals surface area contributed by atoms with Crippen molar-refractivity contribution in [1.82, 2.24) is 5.17 Å². The zero-order valence-electron chi connectivity index (χ0n) is 10.4. The van der Waals surface area contributed by atoms with E-state index in [1.807, 2.05) is 0 Å². The first kappa shape index (κ1) is 13.6. The van der Waals surface area contributed by atoms with Crippen molar-refractivity contribution in [3.63, 3.8) is 0 Å². The maximum Gasteiger partial charge on any atom is 0.339 e. The molecule has 106 valence electrons. The SMILES string of the molecule is C=CC12COc3cc(Cl)ccc3C1=NN(O[PH](=O)O)C2. The third-order valence-corrected chi connectivity index (χ3v) is 3.96. The average molecular weight is 315 g/mol. The van der Waals surface area contributed by atoms with Crippen LogP contribution in [0.25, 0.3) is 0 Å². The predicted molar refractivity (Wildman–Crippen MR) is 75.1 cm³/mol. The summed E-state index contributed by atoms with van der Waals surface area (Å²) in [4.78, 5) is 8.87. The molecule has 0 saturated heterocycles. The summed E-state index contributed by atoms with van der Waals surface area (Å²) in [5, 5.41) is 5.95. The van der Waals surface area contributed by atoms with Crippen LogP contribution in [0.3, 0.4) is 0 Å². The monoisotopic (exact) mass is 314 g/mol. The highest BCUT2D eigenvalue weighted by atomic mass is 35.5. The highest BCUT2D eigenvalue weighted by Crippen LogP contribution is 2.42. The molecule has 2 atom stereocenters. The Balaban J connectivity index is 2.05. The molecule has 0 aromatic heterocycles. The smallest absolute Gasteiger partial charge is 0.339 e. The molecule has 1 aromatic rings. The summed E-state index contributed by atoms with van der Waals surface area (Å²) in [6.07, 6.45) is 1.72. The first-order valence-electron chi connectivity index (χ1n) is 5.88. The number of hydrazone groups is 1. The maximum absolute atomic E-state index is 10.8. The van der Waals surface area contributed by atoms with E-state index in [0.29, 0.717) is 23.1 Å². The second-order valence-electron chi connectivity index (χ2n) is 4.61. The van der Waals surface area contributed by atoms with Gasteiger partial charge in [0.2, 0.25) is 0 Å². The molecular formula is C12H12ClN2O4P. The molecule has 0 amide bonds. The molecule has 2 aliphatic heterocycles. The van der Waals surface area contributed by atoms with Crippen LogP contribution in [0.15, 0.2) is 36.0 Å². The molecule has 2 heterocycles. The number of rotatable bonds is 3. The summed E-state index contributed by atoms with van der Waals surface area (Å²) < 4.78 is 21.3. The van der Waals surface area contributed by atoms with Crippen LogP contribution in [0.2, 0.25) is 5.02 Å². The van der Waals surface area contributed by atoms with Gasteiger partial charge in [-0.3, -0.25) is 4.57 Å². The minimum atomic E-state index is -3.10. The lowest BCUT2D eigenvalue weighted by molar-refractivity contribution is -0.0617. The van der Waals surface area contributed by atoms with Crippen LogP contribution in [-0.2, 0) is 9.19 Å². The Morgan fingerprint density at radius 1 is 1.65 bits per heavy atom. The Labute approximate surface area is 121 Å². The second kappa shape index (κ2) is 4.90. The van der Waals surface area contributed by atoms with E-state index < -0.39 is 13.7 Å². The molecule has 1 N–H and O–H groups in total. The van der Waals surface area contributed by atoms with Gasteiger partial charge in [0.1, 0.15) is 12.4 Å². The summed E-state index contributed by atoms with van der Waals surface area (Å²) in [7, 11) is -3.10. The van der Waals surface area contributed by atoms with Gasteiger partial charge in [0, 0.05) is 10.6 Å². The summed E-state index contributed by atoms with van der Waals surface area (Å²) in [6, 6.07) is 5.26. The van der Waals surface area contributed by atoms with Crippen LogP contribution < -0.4 is 4.74 Å². The van der Waals surface area contributed by atoms with Crippen LogP contribution in [0.5, 0.6) is 5.75 Å². The van der Waals surface area contributed by atoms with Crippen molar-refractivity contribution in [3.05, 3.63) is 41.4 Å². The summed E-state index contributed by atoms with van der Waals surface area (Å²) in [5.74, 6) is 0.632. The highest BCUT2D eigenvalue weighted by Gasteiger charge is 2.46. The number of fused-ring (bicyclic) bond motifs is 3. The van der Waals surface area contributed by atoms with Crippen molar-refractivity contribution in [3.8, 4) is 5.75 Å². The molecule has 0 radical (unpaired) electrons. The summed E-state index contributed by atoms with van der Waals surface area (Å²) in [5.41, 5.74) is 0.927. The Hall–Kier alpha value is -1.33. The molecule has 0 bridgehead atoms. The van der Waals surface area contributed by atoms with Gasteiger partial charge < -0.3 is 9.63 Å². The number of ether oxygens (including phenoxy) is 1. The molecule has 0 saturated carbocycles. The van der Waals surface area contributed by atoms with Crippen LogP contribution in [0, 0.1) is 5.41 Å². The van der Waals surface area contributed by atoms with Crippen molar-refractivity contribution in [2.24, 2.45) is 10.5 Å². The van der Waals surface area contributed by atoms with Gasteiger partial charge in [-0.25, -0.2) is 0 Å². The number of benzene rings is 1. The molecule has 3 rings (SSSR count). The minimum Gasteiger partial charge on any atom is -0.491 e. The second-order valence-corrected chi connectivity index (χ2v) is 5.76. The number of hydrogen-bond acceptors (Lipinski definition) is 5. The standard InChI is InChI=1S/C12H12ClN2O4P/c1-2-12-6-15(19-20(16)17)14-11(12)9-4-3-8(13)5-10(9)18-7-12/h2-5,20H,1,6-7H2,(H,16,17). The minimum absolute atomic E-state index is 0.283. The molecule has 8 heteroatoms. The third kappa shape index (κ3) is 2.15. The largest absolute Gasteiger partial charge is 0.491 e. The lowest BCUT2D eigenvalue weighted by Gasteiger charge is -2.32. The maximum atomic E-state index is 10.8. The van der Waals surface area contributed by atoms with Gasteiger partial charge in [-0.1, -0.05) is 17.7 Å². The highest BCUT2D eigenvalue weighted by molar-refractivity contribution is 7.32. The first-order chi connectivity index (χ1) is 9.54. The Morgan fingerprint density at radius 2 is 2.45 bits per heavy atom. The molecule has 0 spiro atoms. The van der Waals surface area contributed by atoms with Crippen molar-refractivity contribution in [1.29, 1.82) is 0 Å². The molecule has 0 fully saturated rings. The van der Waals surface area contributed by atoms with E-state index in [4.69, 9.17) is 25.9 Å². The third-order valence-electron chi connectivity index (χ3n) is 3.36. The van der Waals surface area contributed by atoms with Gasteiger partial charge in [-0.15, -0.1) is 6.58 Å². The Morgan fingerprint density at radius 3 is 3.15 bits per heavy atom. The van der Waals surface area contributed by atoms with Crippen LogP contribution in [0.4, 0.5) is 0 Å². The van der Waals surface area contributed by atoms with E-state index in [-0.39, 0.29) is 6.54 Å². The normalized spacial score (nSPS) is 25.3. The lowest BCUT2D eigenvalue weighted by Crippen LogP contribution is -2.41. The van der Waals surface area contributed by atoms with Gasteiger partial charge in [-0.05, 0) is 18.2 Å². The van der Waals surface area contributed by atoms with E-state index in [1.54, 1.807) is 24.3 Å². The van der Waals surface area contributed by atoms with Crippen LogP contribution in [0.1, 0.15) is 5.56 Å². The van der Waals surface area contributed by atoms with Crippen LogP contribution in [-0.4, -0.2) is 28.9 Å². The number of halogens is 1. The van der Waals surface area contributed by atoms with Gasteiger partial charge >= 0.3 is 8.25 Å². The van der Waals surface area contributed by atoms with Gasteiger partial charge in [0.15, 0.2) is 0 Å². The van der Waals surface area contributed by atoms with E-state index in [0.717, 1.165) is 10.7 Å². The Bertz CT molecular complexity index is 636. The Kier molecular flexibility index (Phi) is 3.34. The lowest BCUT2D eigenvalue weighted by atomic mass is 9.79. The van der Waals surface area contributed by atoms with Crippen molar-refractivity contribution in [2.45, 2.75) is 0 Å². The number of hydroxylamine groups is 1. The zero-order valence-corrected chi connectivity index (χ0v) is 12.1. The summed E-state index contributed by atoms with van der Waals surface area (Å²) >= 11 is 5.94. The van der Waals surface area contributed by atoms with Gasteiger partial charge in [0.25, 0.3) is 0 Å². The predicted octanol–water partition coefficient (Wildman–Crippen LogP) is 2.24. The van der Waals surface area contributed by atoms with Crippen molar-refractivity contribution >= 4 is 25.6 Å². The van der Waals surface area contributed by atoms with Crippen LogP contribution >= 0.6 is 19.9 Å². The fourth-order valence-electron chi connectivity index (χ4n) is 2.38. The molecule has 20 heavy (non-hydrogen) atoms.